The first kappa shape index (κ1) is 17.8. The first-order valence-corrected chi connectivity index (χ1v) is 8.83. The van der Waals surface area contributed by atoms with E-state index in [1.165, 1.54) is 12.8 Å². The van der Waals surface area contributed by atoms with Crippen molar-refractivity contribution in [3.63, 3.8) is 0 Å². The number of hydrogen-bond donors (Lipinski definition) is 5. The second-order valence-corrected chi connectivity index (χ2v) is 6.42. The van der Waals surface area contributed by atoms with Crippen molar-refractivity contribution in [1.82, 2.24) is 25.9 Å². The summed E-state index contributed by atoms with van der Waals surface area (Å²) in [6.07, 6.45) is 3.52. The average Bonchev–Trinajstić information content (AvgIpc) is 3.16. The number of nitrogens with one attached hydrogen (secondary N) is 5. The molecule has 2 aliphatic rings. The standard InChI is InChI=1S/C7H6N2S.C4H8N2S.C4H7NS/c10-7-8-5-3-1-2-4-6(5)9-7;7-4-5-2-1-3-6-4;6-4-2-1-3-5-4/h1-4H,(H2,8,9,10);1-3H2,(H2,5,6,7);1-3H2,(H,5,6). The molecule has 1 aromatic carbocycles. The van der Waals surface area contributed by atoms with Crippen molar-refractivity contribution in [2.45, 2.75) is 19.3 Å². The summed E-state index contributed by atoms with van der Waals surface area (Å²) in [6.45, 7) is 3.16. The quantitative estimate of drug-likeness (QED) is 0.462. The fourth-order valence-corrected chi connectivity index (χ4v) is 2.77. The molecule has 3 heterocycles. The first-order valence-electron chi connectivity index (χ1n) is 7.60. The molecule has 0 saturated carbocycles. The number of aromatic nitrogens is 2. The van der Waals surface area contributed by atoms with Crippen LogP contribution < -0.4 is 16.0 Å². The molecule has 0 spiro atoms. The van der Waals surface area contributed by atoms with Crippen LogP contribution in [-0.4, -0.2) is 39.7 Å². The number of para-hydroxylation sites is 2. The summed E-state index contributed by atoms with van der Waals surface area (Å²) in [5.41, 5.74) is 2.13. The molecule has 1 aromatic heterocycles. The van der Waals surface area contributed by atoms with E-state index in [1.54, 1.807) is 0 Å². The molecular weight excluding hydrogens is 346 g/mol. The van der Waals surface area contributed by atoms with Gasteiger partial charge >= 0.3 is 0 Å². The zero-order chi connectivity index (χ0) is 16.5. The maximum Gasteiger partial charge on any atom is 0.175 e. The Bertz CT molecular complexity index is 654. The number of aromatic amines is 2. The summed E-state index contributed by atoms with van der Waals surface area (Å²) in [7, 11) is 0. The molecule has 2 saturated heterocycles. The van der Waals surface area contributed by atoms with Gasteiger partial charge < -0.3 is 25.9 Å². The lowest BCUT2D eigenvalue weighted by Gasteiger charge is -2.14. The van der Waals surface area contributed by atoms with Crippen LogP contribution in [0.25, 0.3) is 11.0 Å². The van der Waals surface area contributed by atoms with E-state index < -0.39 is 0 Å². The third-order valence-corrected chi connectivity index (χ3v) is 4.09. The Balaban J connectivity index is 0.000000131. The Labute approximate surface area is 151 Å². The van der Waals surface area contributed by atoms with E-state index in [-0.39, 0.29) is 0 Å². The van der Waals surface area contributed by atoms with Gasteiger partial charge in [0.25, 0.3) is 0 Å². The second-order valence-electron chi connectivity index (χ2n) is 5.11. The number of imidazole rings is 1. The van der Waals surface area contributed by atoms with Crippen LogP contribution in [0.15, 0.2) is 24.3 Å². The lowest BCUT2D eigenvalue weighted by Crippen LogP contribution is -2.42. The van der Waals surface area contributed by atoms with Crippen LogP contribution in [-0.2, 0) is 0 Å². The Kier molecular flexibility index (Phi) is 7.44. The van der Waals surface area contributed by atoms with Crippen LogP contribution in [0.3, 0.4) is 0 Å². The van der Waals surface area contributed by atoms with Gasteiger partial charge in [0.15, 0.2) is 9.88 Å². The van der Waals surface area contributed by atoms with E-state index in [9.17, 15) is 0 Å². The van der Waals surface area contributed by atoms with Crippen LogP contribution in [0.4, 0.5) is 0 Å². The number of rotatable bonds is 0. The Morgan fingerprint density at radius 3 is 1.65 bits per heavy atom. The number of H-pyrrole nitrogens is 2. The van der Waals surface area contributed by atoms with Gasteiger partial charge in [-0.05, 0) is 55.8 Å². The molecule has 2 aromatic rings. The maximum atomic E-state index is 4.90. The molecule has 124 valence electrons. The molecule has 0 bridgehead atoms. The van der Waals surface area contributed by atoms with Crippen molar-refractivity contribution in [2.75, 3.05) is 19.6 Å². The summed E-state index contributed by atoms with van der Waals surface area (Å²) < 4.78 is 0.682. The van der Waals surface area contributed by atoms with Gasteiger partial charge in [-0.15, -0.1) is 0 Å². The summed E-state index contributed by atoms with van der Waals surface area (Å²) in [6, 6.07) is 7.92. The summed E-state index contributed by atoms with van der Waals surface area (Å²) >= 11 is 14.5. The molecule has 0 radical (unpaired) electrons. The van der Waals surface area contributed by atoms with Crippen LogP contribution >= 0.6 is 36.7 Å². The van der Waals surface area contributed by atoms with Gasteiger partial charge in [0.1, 0.15) is 0 Å². The number of hydrogen-bond acceptors (Lipinski definition) is 3. The van der Waals surface area contributed by atoms with Crippen molar-refractivity contribution in [1.29, 1.82) is 0 Å². The van der Waals surface area contributed by atoms with E-state index in [0.717, 1.165) is 47.2 Å². The van der Waals surface area contributed by atoms with Gasteiger partial charge in [0, 0.05) is 19.6 Å². The van der Waals surface area contributed by atoms with Crippen LogP contribution in [0.5, 0.6) is 0 Å². The van der Waals surface area contributed by atoms with Crippen LogP contribution in [0.2, 0.25) is 0 Å². The fraction of sp³-hybridized carbons (Fsp3) is 0.400. The van der Waals surface area contributed by atoms with Crippen molar-refractivity contribution in [3.8, 4) is 0 Å². The summed E-state index contributed by atoms with van der Waals surface area (Å²) in [5.74, 6) is 0. The van der Waals surface area contributed by atoms with Crippen LogP contribution in [0.1, 0.15) is 19.3 Å². The molecule has 0 atom stereocenters. The monoisotopic (exact) mass is 367 g/mol. The molecule has 5 N–H and O–H groups in total. The third-order valence-electron chi connectivity index (χ3n) is 3.25. The number of thiocarbonyl (C=S) groups is 2. The summed E-state index contributed by atoms with van der Waals surface area (Å²) in [4.78, 5) is 7.07. The average molecular weight is 368 g/mol. The Morgan fingerprint density at radius 1 is 0.739 bits per heavy atom. The number of fused-ring (bicyclic) bond motifs is 1. The maximum absolute atomic E-state index is 4.90. The molecule has 23 heavy (non-hydrogen) atoms. The normalized spacial score (nSPS) is 16.2. The molecule has 4 rings (SSSR count). The van der Waals surface area contributed by atoms with E-state index in [2.05, 4.69) is 25.9 Å². The minimum atomic E-state index is 0.682. The molecule has 0 amide bonds. The van der Waals surface area contributed by atoms with Gasteiger partial charge in [-0.3, -0.25) is 0 Å². The van der Waals surface area contributed by atoms with Crippen LogP contribution in [0, 0.1) is 4.77 Å². The van der Waals surface area contributed by atoms with Crippen molar-refractivity contribution in [2.24, 2.45) is 0 Å². The Morgan fingerprint density at radius 2 is 1.30 bits per heavy atom. The Hall–Kier alpha value is -1.51. The molecule has 0 unspecified atom stereocenters. The predicted octanol–water partition coefficient (Wildman–Crippen LogP) is 2.78. The zero-order valence-electron chi connectivity index (χ0n) is 12.8. The van der Waals surface area contributed by atoms with Crippen molar-refractivity contribution in [3.05, 3.63) is 29.0 Å². The van der Waals surface area contributed by atoms with Gasteiger partial charge in [-0.25, -0.2) is 0 Å². The van der Waals surface area contributed by atoms with E-state index in [0.29, 0.717) is 4.77 Å². The first-order chi connectivity index (χ1) is 11.1. The van der Waals surface area contributed by atoms with Crippen molar-refractivity contribution >= 4 is 57.8 Å². The topological polar surface area (TPSA) is 67.7 Å². The van der Waals surface area contributed by atoms with Gasteiger partial charge in [-0.1, -0.05) is 24.4 Å². The zero-order valence-corrected chi connectivity index (χ0v) is 15.2. The SMILES string of the molecule is S=C1CCCN1.S=C1NCCCN1.S=c1[nH]c2ccccc2[nH]1. The highest BCUT2D eigenvalue weighted by atomic mass is 32.1. The highest BCUT2D eigenvalue weighted by molar-refractivity contribution is 7.80. The van der Waals surface area contributed by atoms with E-state index in [4.69, 9.17) is 36.7 Å². The molecule has 8 heteroatoms. The van der Waals surface area contributed by atoms with Gasteiger partial charge in [-0.2, -0.15) is 0 Å². The molecular formula is C15H21N5S3. The van der Waals surface area contributed by atoms with E-state index in [1.807, 2.05) is 24.3 Å². The van der Waals surface area contributed by atoms with E-state index >= 15 is 0 Å². The lowest BCUT2D eigenvalue weighted by molar-refractivity contribution is 0.680. The third kappa shape index (κ3) is 6.64. The van der Waals surface area contributed by atoms with Crippen molar-refractivity contribution < 1.29 is 0 Å². The summed E-state index contributed by atoms with van der Waals surface area (Å²) in [5, 5.41) is 9.85. The highest BCUT2D eigenvalue weighted by Crippen LogP contribution is 2.06. The predicted molar refractivity (Wildman–Crippen MR) is 107 cm³/mol. The van der Waals surface area contributed by atoms with Gasteiger partial charge in [0.2, 0.25) is 0 Å². The lowest BCUT2D eigenvalue weighted by atomic mass is 10.3. The minimum Gasteiger partial charge on any atom is -0.380 e. The second kappa shape index (κ2) is 9.59. The smallest absolute Gasteiger partial charge is 0.175 e. The highest BCUT2D eigenvalue weighted by Gasteiger charge is 2.01. The molecule has 2 aliphatic heterocycles. The number of benzene rings is 1. The molecule has 5 nitrogen and oxygen atoms in total. The minimum absolute atomic E-state index is 0.682. The fourth-order valence-electron chi connectivity index (χ4n) is 2.10. The van der Waals surface area contributed by atoms with Gasteiger partial charge in [0.05, 0.1) is 16.0 Å². The largest absolute Gasteiger partial charge is 0.380 e. The molecule has 2 fully saturated rings. The molecule has 0 aliphatic carbocycles.